The van der Waals surface area contributed by atoms with Gasteiger partial charge in [0.15, 0.2) is 9.84 Å². The van der Waals surface area contributed by atoms with Crippen LogP contribution in [0, 0.1) is 0 Å². The van der Waals surface area contributed by atoms with E-state index in [0.717, 1.165) is 0 Å². The number of hydrogen-bond donors (Lipinski definition) is 3. The van der Waals surface area contributed by atoms with Crippen molar-refractivity contribution in [2.75, 3.05) is 70.3 Å². The highest BCUT2D eigenvalue weighted by atomic mass is 32.2. The first-order valence-corrected chi connectivity index (χ1v) is 17.6. The van der Waals surface area contributed by atoms with Crippen LogP contribution >= 0.6 is 0 Å². The topological polar surface area (TPSA) is 168 Å². The molecule has 1 unspecified atom stereocenters. The molecule has 2 saturated heterocycles. The second-order valence-electron chi connectivity index (χ2n) is 11.3. The van der Waals surface area contributed by atoms with Crippen molar-refractivity contribution in [1.29, 1.82) is 0 Å². The monoisotopic (exact) mass is 640 g/mol. The molecule has 3 N–H and O–H groups in total. The maximum atomic E-state index is 13.4. The van der Waals surface area contributed by atoms with Gasteiger partial charge in [0.05, 0.1) is 35.6 Å². The number of aliphatic hydroxyl groups excluding tert-OH is 2. The van der Waals surface area contributed by atoms with E-state index in [0.29, 0.717) is 69.4 Å². The van der Waals surface area contributed by atoms with Gasteiger partial charge in [-0.3, -0.25) is 0 Å². The molecule has 13 nitrogen and oxygen atoms in total. The van der Waals surface area contributed by atoms with Gasteiger partial charge in [0.2, 0.25) is 15.9 Å². The summed E-state index contributed by atoms with van der Waals surface area (Å²) in [6.45, 7) is 2.32. The molecule has 0 saturated carbocycles. The number of likely N-dealkylation sites (N-methyl/N-ethyl adjacent to an activating group) is 1. The van der Waals surface area contributed by atoms with E-state index in [1.807, 2.05) is 11.9 Å². The van der Waals surface area contributed by atoms with Gasteiger partial charge in [-0.05, 0) is 49.9 Å². The summed E-state index contributed by atoms with van der Waals surface area (Å²) in [6, 6.07) is 7.73. The number of aromatic nitrogens is 1. The lowest BCUT2D eigenvalue weighted by Gasteiger charge is -2.38. The third-order valence-corrected chi connectivity index (χ3v) is 11.8. The van der Waals surface area contributed by atoms with Crippen LogP contribution in [-0.4, -0.2) is 119 Å². The summed E-state index contributed by atoms with van der Waals surface area (Å²) < 4.78 is 70.4. The van der Waals surface area contributed by atoms with E-state index < -0.39 is 31.6 Å². The number of piperidine rings is 1. The lowest BCUT2D eigenvalue weighted by molar-refractivity contribution is -0.0312. The van der Waals surface area contributed by atoms with Gasteiger partial charge < -0.3 is 34.6 Å². The number of nitrogens with zero attached hydrogens (tertiary/aromatic N) is 3. The van der Waals surface area contributed by atoms with Crippen molar-refractivity contribution < 1.29 is 41.3 Å². The largest absolute Gasteiger partial charge is 0.491 e. The number of rotatable bonds is 12. The number of hydrogen-bond acceptors (Lipinski definition) is 12. The van der Waals surface area contributed by atoms with E-state index >= 15 is 0 Å². The molecule has 1 spiro atoms. The Kier molecular flexibility index (Phi) is 9.80. The minimum absolute atomic E-state index is 0.00168. The number of aliphatic hydroxyl groups is 2. The fourth-order valence-corrected chi connectivity index (χ4v) is 8.37. The Morgan fingerprint density at radius 1 is 1.16 bits per heavy atom. The summed E-state index contributed by atoms with van der Waals surface area (Å²) in [5, 5.41) is 22.7. The average Bonchev–Trinajstić information content (AvgIpc) is 3.40. The van der Waals surface area contributed by atoms with Crippen molar-refractivity contribution in [3.8, 4) is 11.6 Å². The number of nitrogens with one attached hydrogen (secondary N) is 1. The first kappa shape index (κ1) is 31.9. The van der Waals surface area contributed by atoms with E-state index in [1.54, 1.807) is 18.2 Å². The van der Waals surface area contributed by atoms with Crippen molar-refractivity contribution in [2.45, 2.75) is 53.2 Å². The van der Waals surface area contributed by atoms with E-state index in [4.69, 9.17) is 19.3 Å². The summed E-state index contributed by atoms with van der Waals surface area (Å²) in [7, 11) is -5.36. The number of ether oxygens (including phenoxy) is 3. The summed E-state index contributed by atoms with van der Waals surface area (Å²) in [5.41, 5.74) is 0.243. The Balaban J connectivity index is 1.08. The van der Waals surface area contributed by atoms with Gasteiger partial charge in [-0.25, -0.2) is 21.8 Å². The molecule has 1 aromatic carbocycles. The van der Waals surface area contributed by atoms with Gasteiger partial charge in [0.25, 0.3) is 0 Å². The van der Waals surface area contributed by atoms with E-state index in [1.165, 1.54) is 22.6 Å². The summed E-state index contributed by atoms with van der Waals surface area (Å²) >= 11 is 0. The predicted molar refractivity (Wildman–Crippen MR) is 158 cm³/mol. The molecule has 238 valence electrons. The minimum atomic E-state index is -3.72. The maximum absolute atomic E-state index is 13.4. The zero-order valence-electron chi connectivity index (χ0n) is 24.2. The SMILES string of the molecule is CN1CCOc2ncc(S(=O)(=O)N3CCC4(CC3)C[C@@H](NCC(O)COc3cccc(S(=O)(=O)CCCO)c3)CO4)cc21. The Bertz CT molecular complexity index is 1480. The van der Waals surface area contributed by atoms with E-state index in [-0.39, 0.29) is 47.8 Å². The molecule has 2 fully saturated rings. The molecule has 4 heterocycles. The van der Waals surface area contributed by atoms with Crippen molar-refractivity contribution in [2.24, 2.45) is 0 Å². The molecule has 15 heteroatoms. The number of anilines is 1. The zero-order valence-corrected chi connectivity index (χ0v) is 25.9. The van der Waals surface area contributed by atoms with Crippen molar-refractivity contribution >= 4 is 25.5 Å². The maximum Gasteiger partial charge on any atom is 0.244 e. The molecule has 43 heavy (non-hydrogen) atoms. The summed E-state index contributed by atoms with van der Waals surface area (Å²) in [5.74, 6) is 0.619. The second kappa shape index (κ2) is 13.2. The Morgan fingerprint density at radius 2 is 1.95 bits per heavy atom. The van der Waals surface area contributed by atoms with Crippen LogP contribution in [0.15, 0.2) is 46.3 Å². The Labute approximate surface area is 252 Å². The molecule has 5 rings (SSSR count). The third-order valence-electron chi connectivity index (χ3n) is 8.18. The molecular weight excluding hydrogens is 600 g/mol. The predicted octanol–water partition coefficient (Wildman–Crippen LogP) is 0.408. The highest BCUT2D eigenvalue weighted by Gasteiger charge is 2.45. The van der Waals surface area contributed by atoms with Crippen LogP contribution in [0.5, 0.6) is 11.6 Å². The van der Waals surface area contributed by atoms with Gasteiger partial charge >= 0.3 is 0 Å². The normalized spacial score (nSPS) is 21.4. The summed E-state index contributed by atoms with van der Waals surface area (Å²) in [4.78, 5) is 6.43. The van der Waals surface area contributed by atoms with Crippen LogP contribution in [0.1, 0.15) is 25.7 Å². The quantitative estimate of drug-likeness (QED) is 0.293. The molecule has 2 aromatic rings. The lowest BCUT2D eigenvalue weighted by atomic mass is 9.88. The van der Waals surface area contributed by atoms with Crippen LogP contribution in [0.4, 0.5) is 5.69 Å². The van der Waals surface area contributed by atoms with Crippen LogP contribution in [0.25, 0.3) is 0 Å². The molecule has 0 radical (unpaired) electrons. The highest BCUT2D eigenvalue weighted by molar-refractivity contribution is 7.91. The van der Waals surface area contributed by atoms with Crippen LogP contribution < -0.4 is 19.7 Å². The number of sulfone groups is 1. The van der Waals surface area contributed by atoms with Gasteiger partial charge in [-0.1, -0.05) is 6.07 Å². The van der Waals surface area contributed by atoms with Gasteiger partial charge in [0, 0.05) is 39.3 Å². The Hall–Kier alpha value is -2.53. The molecule has 3 aliphatic heterocycles. The van der Waals surface area contributed by atoms with Crippen LogP contribution in [-0.2, 0) is 24.6 Å². The second-order valence-corrected chi connectivity index (χ2v) is 15.4. The number of fused-ring (bicyclic) bond motifs is 1. The molecular formula is C28H40N4O9S2. The van der Waals surface area contributed by atoms with E-state index in [9.17, 15) is 21.9 Å². The molecule has 0 aliphatic carbocycles. The van der Waals surface area contributed by atoms with Gasteiger partial charge in [-0.2, -0.15) is 4.31 Å². The molecule has 1 aromatic heterocycles. The molecule has 0 bridgehead atoms. The fraction of sp³-hybridized carbons (Fsp3) is 0.607. The van der Waals surface area contributed by atoms with Crippen molar-refractivity contribution in [3.63, 3.8) is 0 Å². The lowest BCUT2D eigenvalue weighted by Crippen LogP contribution is -2.47. The Morgan fingerprint density at radius 3 is 2.72 bits per heavy atom. The summed E-state index contributed by atoms with van der Waals surface area (Å²) in [6.07, 6.45) is 2.50. The molecule has 3 aliphatic rings. The fourth-order valence-electron chi connectivity index (χ4n) is 5.64. The standard InChI is InChI=1S/C28H40N4O9S2/c1-31-10-12-39-27-26(31)15-25(18-30-27)43(37,38)32-8-6-28(7-9-32)16-21(19-41-28)29-17-22(34)20-40-23-4-2-5-24(14-23)42(35,36)13-3-11-33/h2,4-5,14-15,18,21-22,29,33-34H,3,6-13,16-17,19-20H2,1H3/t21-,22?/m1/s1. The van der Waals surface area contributed by atoms with Crippen molar-refractivity contribution in [1.82, 2.24) is 14.6 Å². The van der Waals surface area contributed by atoms with Gasteiger partial charge in [-0.15, -0.1) is 0 Å². The third kappa shape index (κ3) is 7.41. The molecule has 2 atom stereocenters. The highest BCUT2D eigenvalue weighted by Crippen LogP contribution is 2.38. The number of sulfonamides is 1. The van der Waals surface area contributed by atoms with Crippen LogP contribution in [0.2, 0.25) is 0 Å². The molecule has 0 amide bonds. The average molecular weight is 641 g/mol. The zero-order chi connectivity index (χ0) is 30.7. The first-order chi connectivity index (χ1) is 20.5. The van der Waals surface area contributed by atoms with Crippen molar-refractivity contribution in [3.05, 3.63) is 36.5 Å². The smallest absolute Gasteiger partial charge is 0.244 e. The minimum Gasteiger partial charge on any atom is -0.491 e. The first-order valence-electron chi connectivity index (χ1n) is 14.5. The van der Waals surface area contributed by atoms with Crippen LogP contribution in [0.3, 0.4) is 0 Å². The van der Waals surface area contributed by atoms with Gasteiger partial charge in [0.1, 0.15) is 35.7 Å². The number of pyridine rings is 1. The van der Waals surface area contributed by atoms with E-state index in [2.05, 4.69) is 10.3 Å². The number of benzene rings is 1.